The molecule has 2 unspecified atom stereocenters. The number of nitrogens with zero attached hydrogens (tertiary/aromatic N) is 1. The smallest absolute Gasteiger partial charge is 0.0405 e. The van der Waals surface area contributed by atoms with E-state index in [1.165, 1.54) is 5.57 Å². The fourth-order valence-corrected chi connectivity index (χ4v) is 1.63. The number of likely N-dealkylation sites (N-methyl/N-ethyl adjacent to an activating group) is 2. The van der Waals surface area contributed by atoms with E-state index in [2.05, 4.69) is 37.2 Å². The molecule has 1 rings (SSSR count). The minimum atomic E-state index is 0.522. The maximum Gasteiger partial charge on any atom is 0.0405 e. The summed E-state index contributed by atoms with van der Waals surface area (Å²) in [6.45, 7) is 5.55. The van der Waals surface area contributed by atoms with E-state index in [1.54, 1.807) is 0 Å². The standard InChI is InChI=1S/C9H18N2/c1-7-5-9(10-3)8(2)11(4)6-7/h5,8-10H,6H2,1-4H3. The van der Waals surface area contributed by atoms with Crippen LogP contribution in [0.5, 0.6) is 0 Å². The Bertz CT molecular complexity index is 163. The van der Waals surface area contributed by atoms with Crippen LogP contribution in [0.15, 0.2) is 11.6 Å². The molecule has 11 heavy (non-hydrogen) atoms. The zero-order valence-corrected chi connectivity index (χ0v) is 7.89. The van der Waals surface area contributed by atoms with Crippen molar-refractivity contribution in [1.29, 1.82) is 0 Å². The van der Waals surface area contributed by atoms with E-state index in [0.29, 0.717) is 12.1 Å². The van der Waals surface area contributed by atoms with Crippen LogP contribution in [0.3, 0.4) is 0 Å². The molecule has 0 radical (unpaired) electrons. The lowest BCUT2D eigenvalue weighted by Gasteiger charge is -2.35. The zero-order valence-electron chi connectivity index (χ0n) is 7.89. The van der Waals surface area contributed by atoms with E-state index >= 15 is 0 Å². The first-order valence-corrected chi connectivity index (χ1v) is 4.20. The molecule has 1 N–H and O–H groups in total. The molecule has 1 heterocycles. The third-order valence-electron chi connectivity index (χ3n) is 2.51. The van der Waals surface area contributed by atoms with Gasteiger partial charge in [-0.25, -0.2) is 0 Å². The van der Waals surface area contributed by atoms with Crippen molar-refractivity contribution in [3.05, 3.63) is 11.6 Å². The van der Waals surface area contributed by atoms with Crippen LogP contribution in [0.1, 0.15) is 13.8 Å². The first-order chi connectivity index (χ1) is 5.15. The topological polar surface area (TPSA) is 15.3 Å². The SMILES string of the molecule is CNC1C=C(C)CN(C)C1C. The molecule has 0 aliphatic carbocycles. The molecule has 2 heteroatoms. The summed E-state index contributed by atoms with van der Waals surface area (Å²) >= 11 is 0. The predicted octanol–water partition coefficient (Wildman–Crippen LogP) is 0.855. The van der Waals surface area contributed by atoms with Gasteiger partial charge in [-0.1, -0.05) is 11.6 Å². The van der Waals surface area contributed by atoms with Gasteiger partial charge in [-0.05, 0) is 27.9 Å². The maximum atomic E-state index is 3.30. The van der Waals surface area contributed by atoms with Crippen molar-refractivity contribution in [3.63, 3.8) is 0 Å². The van der Waals surface area contributed by atoms with Gasteiger partial charge in [-0.15, -0.1) is 0 Å². The molecule has 1 aliphatic heterocycles. The van der Waals surface area contributed by atoms with E-state index in [4.69, 9.17) is 0 Å². The highest BCUT2D eigenvalue weighted by atomic mass is 15.2. The number of hydrogen-bond donors (Lipinski definition) is 1. The summed E-state index contributed by atoms with van der Waals surface area (Å²) in [5.41, 5.74) is 1.46. The predicted molar refractivity (Wildman–Crippen MR) is 48.7 cm³/mol. The van der Waals surface area contributed by atoms with Gasteiger partial charge in [0.2, 0.25) is 0 Å². The van der Waals surface area contributed by atoms with E-state index in [1.807, 2.05) is 7.05 Å². The average Bonchev–Trinajstić information content (AvgIpc) is 1.96. The molecule has 1 aliphatic rings. The van der Waals surface area contributed by atoms with Crippen LogP contribution in [0.4, 0.5) is 0 Å². The highest BCUT2D eigenvalue weighted by Crippen LogP contribution is 2.13. The van der Waals surface area contributed by atoms with Gasteiger partial charge in [0, 0.05) is 18.6 Å². The molecule has 0 bridgehead atoms. The summed E-state index contributed by atoms with van der Waals surface area (Å²) in [5, 5.41) is 3.30. The highest BCUT2D eigenvalue weighted by Gasteiger charge is 2.21. The molecule has 0 fully saturated rings. The third kappa shape index (κ3) is 1.82. The second-order valence-corrected chi connectivity index (χ2v) is 3.48. The molecule has 2 nitrogen and oxygen atoms in total. The van der Waals surface area contributed by atoms with Crippen molar-refractivity contribution >= 4 is 0 Å². The van der Waals surface area contributed by atoms with Crippen LogP contribution in [0.2, 0.25) is 0 Å². The van der Waals surface area contributed by atoms with Gasteiger partial charge in [0.15, 0.2) is 0 Å². The number of hydrogen-bond acceptors (Lipinski definition) is 2. The Labute approximate surface area is 69.3 Å². The highest BCUT2D eigenvalue weighted by molar-refractivity contribution is 5.13. The van der Waals surface area contributed by atoms with Crippen molar-refractivity contribution in [1.82, 2.24) is 10.2 Å². The largest absolute Gasteiger partial charge is 0.312 e. The lowest BCUT2D eigenvalue weighted by atomic mass is 10.0. The van der Waals surface area contributed by atoms with Gasteiger partial charge < -0.3 is 5.32 Å². The molecule has 64 valence electrons. The normalized spacial score (nSPS) is 33.6. The molecule has 0 aromatic rings. The maximum absolute atomic E-state index is 3.30. The Balaban J connectivity index is 2.70. The Morgan fingerprint density at radius 3 is 2.82 bits per heavy atom. The minimum absolute atomic E-state index is 0.522. The summed E-state index contributed by atoms with van der Waals surface area (Å²) in [5.74, 6) is 0. The van der Waals surface area contributed by atoms with Gasteiger partial charge in [-0.2, -0.15) is 0 Å². The first-order valence-electron chi connectivity index (χ1n) is 4.20. The van der Waals surface area contributed by atoms with Crippen LogP contribution in [-0.2, 0) is 0 Å². The molecule has 0 saturated carbocycles. The van der Waals surface area contributed by atoms with E-state index in [9.17, 15) is 0 Å². The summed E-state index contributed by atoms with van der Waals surface area (Å²) < 4.78 is 0. The quantitative estimate of drug-likeness (QED) is 0.563. The van der Waals surface area contributed by atoms with Crippen molar-refractivity contribution in [2.75, 3.05) is 20.6 Å². The Hall–Kier alpha value is -0.340. The second kappa shape index (κ2) is 3.37. The van der Waals surface area contributed by atoms with Gasteiger partial charge in [0.25, 0.3) is 0 Å². The average molecular weight is 154 g/mol. The van der Waals surface area contributed by atoms with Crippen molar-refractivity contribution in [2.24, 2.45) is 0 Å². The minimum Gasteiger partial charge on any atom is -0.312 e. The molecule has 0 spiro atoms. The van der Waals surface area contributed by atoms with Crippen LogP contribution >= 0.6 is 0 Å². The van der Waals surface area contributed by atoms with Gasteiger partial charge in [-0.3, -0.25) is 4.90 Å². The fraction of sp³-hybridized carbons (Fsp3) is 0.778. The molecule has 0 saturated heterocycles. The van der Waals surface area contributed by atoms with Gasteiger partial charge >= 0.3 is 0 Å². The zero-order chi connectivity index (χ0) is 8.43. The molecular formula is C9H18N2. The number of rotatable bonds is 1. The van der Waals surface area contributed by atoms with E-state index < -0.39 is 0 Å². The van der Waals surface area contributed by atoms with Crippen LogP contribution in [0.25, 0.3) is 0 Å². The second-order valence-electron chi connectivity index (χ2n) is 3.48. The van der Waals surface area contributed by atoms with Crippen LogP contribution in [-0.4, -0.2) is 37.6 Å². The fourth-order valence-electron chi connectivity index (χ4n) is 1.63. The summed E-state index contributed by atoms with van der Waals surface area (Å²) in [7, 11) is 4.19. The van der Waals surface area contributed by atoms with Crippen LogP contribution < -0.4 is 5.32 Å². The van der Waals surface area contributed by atoms with Crippen molar-refractivity contribution in [3.8, 4) is 0 Å². The Kier molecular flexibility index (Phi) is 2.68. The third-order valence-corrected chi connectivity index (χ3v) is 2.51. The monoisotopic (exact) mass is 154 g/mol. The summed E-state index contributed by atoms with van der Waals surface area (Å²) in [6.07, 6.45) is 2.32. The Morgan fingerprint density at radius 1 is 1.64 bits per heavy atom. The van der Waals surface area contributed by atoms with Gasteiger partial charge in [0.05, 0.1) is 0 Å². The van der Waals surface area contributed by atoms with Crippen LogP contribution in [0, 0.1) is 0 Å². The van der Waals surface area contributed by atoms with E-state index in [-0.39, 0.29) is 0 Å². The lowest BCUT2D eigenvalue weighted by molar-refractivity contribution is 0.232. The molecule has 0 aromatic heterocycles. The first kappa shape index (κ1) is 8.75. The summed E-state index contributed by atoms with van der Waals surface area (Å²) in [4.78, 5) is 2.37. The summed E-state index contributed by atoms with van der Waals surface area (Å²) in [6, 6.07) is 1.14. The van der Waals surface area contributed by atoms with E-state index in [0.717, 1.165) is 6.54 Å². The number of nitrogens with one attached hydrogen (secondary N) is 1. The lowest BCUT2D eigenvalue weighted by Crippen LogP contribution is -2.48. The van der Waals surface area contributed by atoms with Crippen molar-refractivity contribution < 1.29 is 0 Å². The molecular weight excluding hydrogens is 136 g/mol. The molecule has 0 amide bonds. The van der Waals surface area contributed by atoms with Gasteiger partial charge in [0.1, 0.15) is 0 Å². The Morgan fingerprint density at radius 2 is 2.27 bits per heavy atom. The molecule has 2 atom stereocenters. The van der Waals surface area contributed by atoms with Crippen molar-refractivity contribution in [2.45, 2.75) is 25.9 Å². The molecule has 0 aromatic carbocycles.